The topological polar surface area (TPSA) is 134 Å². The van der Waals surface area contributed by atoms with Gasteiger partial charge in [-0.1, -0.05) is 12.1 Å². The lowest BCUT2D eigenvalue weighted by molar-refractivity contribution is -0.384. The first-order valence-electron chi connectivity index (χ1n) is 10.3. The summed E-state index contributed by atoms with van der Waals surface area (Å²) in [4.78, 5) is 20.0. The standard InChI is InChI=1S/C25H18N4O5/c30-19-9-1-15(2-10-19)13-21-25(32)28-14-22(16-5-11-20(31)12-6-16)26-23(24(28)27-21)17-3-7-18(8-4-17)29(33)34/h1-12,14,30-32H,13H2. The zero-order chi connectivity index (χ0) is 23.8. The van der Waals surface area contributed by atoms with Crippen LogP contribution < -0.4 is 0 Å². The zero-order valence-electron chi connectivity index (χ0n) is 17.7. The quantitative estimate of drug-likeness (QED) is 0.259. The van der Waals surface area contributed by atoms with E-state index in [9.17, 15) is 25.4 Å². The smallest absolute Gasteiger partial charge is 0.269 e. The van der Waals surface area contributed by atoms with E-state index in [1.807, 2.05) is 0 Å². The summed E-state index contributed by atoms with van der Waals surface area (Å²) in [5.41, 5.74) is 3.86. The van der Waals surface area contributed by atoms with Gasteiger partial charge in [-0.05, 0) is 54.1 Å². The van der Waals surface area contributed by atoms with Crippen LogP contribution in [0, 0.1) is 10.1 Å². The van der Waals surface area contributed by atoms with Gasteiger partial charge in [-0.15, -0.1) is 0 Å². The lowest BCUT2D eigenvalue weighted by Gasteiger charge is -2.08. The molecule has 168 valence electrons. The van der Waals surface area contributed by atoms with Gasteiger partial charge in [-0.25, -0.2) is 9.97 Å². The Morgan fingerprint density at radius 2 is 1.38 bits per heavy atom. The maximum atomic E-state index is 11.1. The first kappa shape index (κ1) is 21.0. The molecule has 0 bridgehead atoms. The fourth-order valence-corrected chi connectivity index (χ4v) is 3.71. The van der Waals surface area contributed by atoms with E-state index in [-0.39, 0.29) is 23.1 Å². The number of phenols is 2. The first-order chi connectivity index (χ1) is 16.4. The van der Waals surface area contributed by atoms with Crippen molar-refractivity contribution in [2.45, 2.75) is 6.42 Å². The molecule has 0 amide bonds. The van der Waals surface area contributed by atoms with Crippen molar-refractivity contribution in [1.82, 2.24) is 14.4 Å². The monoisotopic (exact) mass is 454 g/mol. The molecule has 2 heterocycles. The molecule has 0 fully saturated rings. The minimum atomic E-state index is -0.475. The number of nitrogens with zero attached hydrogens (tertiary/aromatic N) is 4. The SMILES string of the molecule is O=[N+]([O-])c1ccc(-c2nc(-c3ccc(O)cc3)cn3c(O)c(Cc4ccc(O)cc4)nc23)cc1. The summed E-state index contributed by atoms with van der Waals surface area (Å²) < 4.78 is 1.53. The predicted octanol–water partition coefficient (Wildman–Crippen LogP) is 4.68. The maximum Gasteiger partial charge on any atom is 0.269 e. The minimum Gasteiger partial charge on any atom is -0.508 e. The maximum absolute atomic E-state index is 11.1. The normalized spacial score (nSPS) is 11.1. The fourth-order valence-electron chi connectivity index (χ4n) is 3.71. The van der Waals surface area contributed by atoms with Crippen LogP contribution in [0.4, 0.5) is 5.69 Å². The van der Waals surface area contributed by atoms with Crippen LogP contribution in [-0.4, -0.2) is 34.6 Å². The molecule has 0 saturated carbocycles. The minimum absolute atomic E-state index is 0.0475. The highest BCUT2D eigenvalue weighted by Gasteiger charge is 2.19. The lowest BCUT2D eigenvalue weighted by Crippen LogP contribution is -1.96. The molecular formula is C25H18N4O5. The third-order valence-electron chi connectivity index (χ3n) is 5.47. The van der Waals surface area contributed by atoms with E-state index in [1.165, 1.54) is 28.7 Å². The number of hydrogen-bond acceptors (Lipinski definition) is 7. The second kappa shape index (κ2) is 8.21. The largest absolute Gasteiger partial charge is 0.508 e. The van der Waals surface area contributed by atoms with Crippen molar-refractivity contribution in [1.29, 1.82) is 0 Å². The van der Waals surface area contributed by atoms with Crippen molar-refractivity contribution in [3.63, 3.8) is 0 Å². The third kappa shape index (κ3) is 3.86. The molecule has 0 aliphatic carbocycles. The Morgan fingerprint density at radius 1 is 0.794 bits per heavy atom. The average Bonchev–Trinajstić information content (AvgIpc) is 3.15. The molecular weight excluding hydrogens is 436 g/mol. The summed E-state index contributed by atoms with van der Waals surface area (Å²) >= 11 is 0. The molecule has 9 nitrogen and oxygen atoms in total. The molecule has 0 unspecified atom stereocenters. The van der Waals surface area contributed by atoms with Gasteiger partial charge in [0.2, 0.25) is 5.88 Å². The van der Waals surface area contributed by atoms with Crippen molar-refractivity contribution >= 4 is 11.3 Å². The van der Waals surface area contributed by atoms with Crippen molar-refractivity contribution < 1.29 is 20.2 Å². The number of benzene rings is 3. The first-order valence-corrected chi connectivity index (χ1v) is 10.3. The molecule has 5 aromatic rings. The summed E-state index contributed by atoms with van der Waals surface area (Å²) in [6, 6.07) is 19.1. The average molecular weight is 454 g/mol. The molecule has 0 saturated heterocycles. The molecule has 34 heavy (non-hydrogen) atoms. The Hall–Kier alpha value is -4.92. The van der Waals surface area contributed by atoms with Gasteiger partial charge < -0.3 is 15.3 Å². The number of non-ortho nitro benzene ring substituents is 1. The van der Waals surface area contributed by atoms with E-state index in [1.54, 1.807) is 54.7 Å². The van der Waals surface area contributed by atoms with Crippen molar-refractivity contribution in [2.24, 2.45) is 0 Å². The number of imidazole rings is 1. The summed E-state index contributed by atoms with van der Waals surface area (Å²) in [7, 11) is 0. The van der Waals surface area contributed by atoms with Crippen molar-refractivity contribution in [2.75, 3.05) is 0 Å². The highest BCUT2D eigenvalue weighted by atomic mass is 16.6. The van der Waals surface area contributed by atoms with Crippen molar-refractivity contribution in [3.8, 4) is 39.9 Å². The van der Waals surface area contributed by atoms with E-state index in [0.717, 1.165) is 5.56 Å². The molecule has 0 aliphatic rings. The van der Waals surface area contributed by atoms with Crippen LogP contribution in [0.2, 0.25) is 0 Å². The Labute approximate surface area is 193 Å². The number of nitro groups is 1. The second-order valence-corrected chi connectivity index (χ2v) is 7.74. The van der Waals surface area contributed by atoms with E-state index >= 15 is 0 Å². The molecule has 0 spiro atoms. The van der Waals surface area contributed by atoms with Crippen LogP contribution >= 0.6 is 0 Å². The fraction of sp³-hybridized carbons (Fsp3) is 0.0400. The highest BCUT2D eigenvalue weighted by Crippen LogP contribution is 2.33. The van der Waals surface area contributed by atoms with Crippen LogP contribution in [0.5, 0.6) is 17.4 Å². The molecule has 0 aliphatic heterocycles. The molecule has 9 heteroatoms. The summed E-state index contributed by atoms with van der Waals surface area (Å²) in [5, 5.41) is 41.2. The Kier molecular flexibility index (Phi) is 5.06. The predicted molar refractivity (Wildman–Crippen MR) is 125 cm³/mol. The molecule has 0 atom stereocenters. The number of hydrogen-bond donors (Lipinski definition) is 3. The number of phenolic OH excluding ortho intramolecular Hbond substituents is 2. The van der Waals surface area contributed by atoms with Gasteiger partial charge in [0.25, 0.3) is 5.69 Å². The lowest BCUT2D eigenvalue weighted by atomic mass is 10.1. The van der Waals surface area contributed by atoms with Crippen LogP contribution in [-0.2, 0) is 6.42 Å². The second-order valence-electron chi connectivity index (χ2n) is 7.74. The van der Waals surface area contributed by atoms with E-state index in [4.69, 9.17) is 4.98 Å². The summed E-state index contributed by atoms with van der Waals surface area (Å²) in [5.74, 6) is 0.196. The van der Waals surface area contributed by atoms with Crippen LogP contribution in [0.1, 0.15) is 11.3 Å². The number of aromatic nitrogens is 3. The van der Waals surface area contributed by atoms with Gasteiger partial charge in [0, 0.05) is 35.9 Å². The Balaban J connectivity index is 1.69. The van der Waals surface area contributed by atoms with Gasteiger partial charge in [-0.2, -0.15) is 0 Å². The molecule has 0 radical (unpaired) electrons. The van der Waals surface area contributed by atoms with Gasteiger partial charge in [0.05, 0.1) is 10.6 Å². The van der Waals surface area contributed by atoms with E-state index < -0.39 is 4.92 Å². The molecule has 3 aromatic carbocycles. The molecule has 5 rings (SSSR count). The van der Waals surface area contributed by atoms with Crippen LogP contribution in [0.25, 0.3) is 28.2 Å². The molecule has 3 N–H and O–H groups in total. The van der Waals surface area contributed by atoms with Crippen LogP contribution in [0.3, 0.4) is 0 Å². The number of rotatable bonds is 5. The number of aromatic hydroxyl groups is 3. The van der Waals surface area contributed by atoms with Crippen LogP contribution in [0.15, 0.2) is 79.0 Å². The van der Waals surface area contributed by atoms with Gasteiger partial charge in [0.1, 0.15) is 22.9 Å². The highest BCUT2D eigenvalue weighted by molar-refractivity contribution is 5.78. The van der Waals surface area contributed by atoms with Gasteiger partial charge in [-0.3, -0.25) is 14.5 Å². The molecule has 2 aromatic heterocycles. The zero-order valence-corrected chi connectivity index (χ0v) is 17.7. The van der Waals surface area contributed by atoms with E-state index in [2.05, 4.69) is 4.98 Å². The van der Waals surface area contributed by atoms with Gasteiger partial charge >= 0.3 is 0 Å². The van der Waals surface area contributed by atoms with E-state index in [0.29, 0.717) is 40.3 Å². The summed E-state index contributed by atoms with van der Waals surface area (Å²) in [6.45, 7) is 0. The number of nitro benzene ring substituents is 1. The van der Waals surface area contributed by atoms with Gasteiger partial charge in [0.15, 0.2) is 5.65 Å². The van der Waals surface area contributed by atoms with Crippen molar-refractivity contribution in [3.05, 3.63) is 100 Å². The Morgan fingerprint density at radius 3 is 2.00 bits per heavy atom. The third-order valence-corrected chi connectivity index (χ3v) is 5.47. The Bertz CT molecular complexity index is 1510. The summed E-state index contributed by atoms with van der Waals surface area (Å²) in [6.07, 6.45) is 1.97. The number of fused-ring (bicyclic) bond motifs is 1.